The lowest BCUT2D eigenvalue weighted by Crippen LogP contribution is -2.34. The number of benzene rings is 1. The second-order valence-electron chi connectivity index (χ2n) is 6.36. The van der Waals surface area contributed by atoms with Crippen molar-refractivity contribution in [1.29, 1.82) is 0 Å². The van der Waals surface area contributed by atoms with Crippen LogP contribution in [0.5, 0.6) is 0 Å². The maximum atomic E-state index is 12.3. The lowest BCUT2D eigenvalue weighted by atomic mass is 10.0. The van der Waals surface area contributed by atoms with E-state index in [-0.39, 0.29) is 23.8 Å². The van der Waals surface area contributed by atoms with Gasteiger partial charge < -0.3 is 10.4 Å². The first-order chi connectivity index (χ1) is 10.1. The van der Waals surface area contributed by atoms with Crippen LogP contribution in [0.15, 0.2) is 24.3 Å². The zero-order chi connectivity index (χ0) is 15.0. The highest BCUT2D eigenvalue weighted by Gasteiger charge is 2.45. The van der Waals surface area contributed by atoms with Crippen molar-refractivity contribution in [3.8, 4) is 0 Å². The van der Waals surface area contributed by atoms with Crippen molar-refractivity contribution in [3.05, 3.63) is 35.4 Å². The molecule has 0 saturated heterocycles. The number of nitrogens with one attached hydrogen (secondary N) is 1. The summed E-state index contributed by atoms with van der Waals surface area (Å²) >= 11 is 0. The van der Waals surface area contributed by atoms with Crippen molar-refractivity contribution >= 4 is 11.9 Å². The number of hydrogen-bond donors (Lipinski definition) is 2. The summed E-state index contributed by atoms with van der Waals surface area (Å²) in [5, 5.41) is 12.0. The van der Waals surface area contributed by atoms with Crippen molar-refractivity contribution in [1.82, 2.24) is 5.32 Å². The average molecular weight is 287 g/mol. The second-order valence-corrected chi connectivity index (χ2v) is 6.36. The fourth-order valence-electron chi connectivity index (χ4n) is 3.48. The number of carbonyl (C=O) groups excluding carboxylic acids is 1. The lowest BCUT2D eigenvalue weighted by Gasteiger charge is -2.12. The zero-order valence-electron chi connectivity index (χ0n) is 12.2. The molecule has 0 spiro atoms. The Kier molecular flexibility index (Phi) is 3.70. The molecule has 4 nitrogen and oxygen atoms in total. The van der Waals surface area contributed by atoms with Gasteiger partial charge in [0.25, 0.3) is 0 Å². The summed E-state index contributed by atoms with van der Waals surface area (Å²) in [5.74, 6) is -0.533. The van der Waals surface area contributed by atoms with Gasteiger partial charge in [0.2, 0.25) is 5.91 Å². The third-order valence-electron chi connectivity index (χ3n) is 4.84. The molecule has 0 aromatic heterocycles. The van der Waals surface area contributed by atoms with E-state index in [1.807, 2.05) is 12.1 Å². The van der Waals surface area contributed by atoms with Crippen LogP contribution in [-0.4, -0.2) is 23.0 Å². The van der Waals surface area contributed by atoms with E-state index in [0.717, 1.165) is 12.8 Å². The molecule has 2 aliphatic carbocycles. The fraction of sp³-hybridized carbons (Fsp3) is 0.529. The van der Waals surface area contributed by atoms with Crippen LogP contribution in [0.25, 0.3) is 0 Å². The van der Waals surface area contributed by atoms with Gasteiger partial charge >= 0.3 is 5.97 Å². The van der Waals surface area contributed by atoms with Gasteiger partial charge in [-0.25, -0.2) is 0 Å². The number of hydrogen-bond acceptors (Lipinski definition) is 2. The highest BCUT2D eigenvalue weighted by Crippen LogP contribution is 2.48. The first kappa shape index (κ1) is 14.1. The summed E-state index contributed by atoms with van der Waals surface area (Å²) in [6.45, 7) is 2.08. The van der Waals surface area contributed by atoms with E-state index in [1.165, 1.54) is 11.1 Å². The number of amides is 1. The molecule has 2 unspecified atom stereocenters. The zero-order valence-corrected chi connectivity index (χ0v) is 12.2. The fourth-order valence-corrected chi connectivity index (χ4v) is 3.48. The van der Waals surface area contributed by atoms with E-state index >= 15 is 0 Å². The van der Waals surface area contributed by atoms with Gasteiger partial charge in [0, 0.05) is 12.0 Å². The SMILES string of the molecule is Cc1ccccc1C1CC1C(=O)N[C@H]1CC[C@@H](C(=O)O)C1. The van der Waals surface area contributed by atoms with E-state index in [2.05, 4.69) is 24.4 Å². The molecule has 0 radical (unpaired) electrons. The van der Waals surface area contributed by atoms with Crippen LogP contribution >= 0.6 is 0 Å². The summed E-state index contributed by atoms with van der Waals surface area (Å²) in [5.41, 5.74) is 2.51. The Balaban J connectivity index is 1.54. The van der Waals surface area contributed by atoms with Gasteiger partial charge in [-0.05, 0) is 49.7 Å². The first-order valence-corrected chi connectivity index (χ1v) is 7.65. The molecule has 2 aliphatic rings. The minimum absolute atomic E-state index is 0.0386. The molecule has 0 bridgehead atoms. The maximum Gasteiger partial charge on any atom is 0.306 e. The van der Waals surface area contributed by atoms with Crippen molar-refractivity contribution in [2.24, 2.45) is 11.8 Å². The van der Waals surface area contributed by atoms with Crippen LogP contribution in [0, 0.1) is 18.8 Å². The highest BCUT2D eigenvalue weighted by molar-refractivity contribution is 5.83. The van der Waals surface area contributed by atoms with Crippen LogP contribution < -0.4 is 5.32 Å². The minimum atomic E-state index is -0.740. The van der Waals surface area contributed by atoms with Gasteiger partial charge in [-0.15, -0.1) is 0 Å². The molecule has 1 amide bonds. The van der Waals surface area contributed by atoms with E-state index < -0.39 is 5.97 Å². The molecule has 4 atom stereocenters. The largest absolute Gasteiger partial charge is 0.481 e. The Hall–Kier alpha value is -1.84. The third kappa shape index (κ3) is 2.94. The van der Waals surface area contributed by atoms with Crippen molar-refractivity contribution in [2.45, 2.75) is 44.6 Å². The van der Waals surface area contributed by atoms with E-state index in [1.54, 1.807) is 0 Å². The number of aliphatic carboxylic acids is 1. The van der Waals surface area contributed by atoms with E-state index in [9.17, 15) is 9.59 Å². The summed E-state index contributed by atoms with van der Waals surface area (Å²) in [7, 11) is 0. The monoisotopic (exact) mass is 287 g/mol. The maximum absolute atomic E-state index is 12.3. The molecule has 21 heavy (non-hydrogen) atoms. The van der Waals surface area contributed by atoms with E-state index in [0.29, 0.717) is 18.8 Å². The molecule has 0 heterocycles. The number of rotatable bonds is 4. The van der Waals surface area contributed by atoms with Gasteiger partial charge in [0.15, 0.2) is 0 Å². The molecule has 4 heteroatoms. The van der Waals surface area contributed by atoms with Crippen LogP contribution in [0.2, 0.25) is 0 Å². The molecule has 112 valence electrons. The Morgan fingerprint density at radius 1 is 1.19 bits per heavy atom. The number of carbonyl (C=O) groups is 2. The average Bonchev–Trinajstić information content (AvgIpc) is 3.11. The van der Waals surface area contributed by atoms with Crippen molar-refractivity contribution in [2.75, 3.05) is 0 Å². The summed E-state index contributed by atoms with van der Waals surface area (Å²) in [4.78, 5) is 23.2. The molecule has 2 saturated carbocycles. The standard InChI is InChI=1S/C17H21NO3/c1-10-4-2-3-5-13(10)14-9-15(14)16(19)18-12-7-6-11(8-12)17(20)21/h2-5,11-12,14-15H,6-9H2,1H3,(H,18,19)(H,20,21)/t11-,12+,14?,15?/m1/s1. The van der Waals surface area contributed by atoms with Gasteiger partial charge in [0.05, 0.1) is 5.92 Å². The smallest absolute Gasteiger partial charge is 0.306 e. The third-order valence-corrected chi connectivity index (χ3v) is 4.84. The second kappa shape index (κ2) is 5.51. The van der Waals surface area contributed by atoms with Crippen LogP contribution in [0.1, 0.15) is 42.7 Å². The normalized spacial score (nSPS) is 30.9. The molecule has 2 N–H and O–H groups in total. The molecule has 0 aliphatic heterocycles. The molecule has 3 rings (SSSR count). The predicted octanol–water partition coefficient (Wildman–Crippen LogP) is 2.47. The number of carboxylic acids is 1. The Bertz CT molecular complexity index is 569. The molecule has 1 aromatic carbocycles. The Morgan fingerprint density at radius 2 is 1.95 bits per heavy atom. The number of carboxylic acid groups (broad SMARTS) is 1. The van der Waals surface area contributed by atoms with Gasteiger partial charge in [0.1, 0.15) is 0 Å². The predicted molar refractivity (Wildman–Crippen MR) is 78.9 cm³/mol. The summed E-state index contributed by atoms with van der Waals surface area (Å²) < 4.78 is 0. The Labute approximate surface area is 124 Å². The van der Waals surface area contributed by atoms with E-state index in [4.69, 9.17) is 5.11 Å². The topological polar surface area (TPSA) is 66.4 Å². The molecule has 1 aromatic rings. The summed E-state index contributed by atoms with van der Waals surface area (Å²) in [6, 6.07) is 8.25. The van der Waals surface area contributed by atoms with Crippen LogP contribution in [0.4, 0.5) is 0 Å². The van der Waals surface area contributed by atoms with Gasteiger partial charge in [-0.3, -0.25) is 9.59 Å². The Morgan fingerprint density at radius 3 is 2.62 bits per heavy atom. The van der Waals surface area contributed by atoms with Gasteiger partial charge in [-0.2, -0.15) is 0 Å². The first-order valence-electron chi connectivity index (χ1n) is 7.65. The van der Waals surface area contributed by atoms with Crippen LogP contribution in [0.3, 0.4) is 0 Å². The van der Waals surface area contributed by atoms with Crippen LogP contribution in [-0.2, 0) is 9.59 Å². The van der Waals surface area contributed by atoms with Crippen molar-refractivity contribution < 1.29 is 14.7 Å². The summed E-state index contributed by atoms with van der Waals surface area (Å²) in [6.07, 6.45) is 2.94. The molecular formula is C17H21NO3. The number of aryl methyl sites for hydroxylation is 1. The quantitative estimate of drug-likeness (QED) is 0.894. The molecule has 2 fully saturated rings. The van der Waals surface area contributed by atoms with Gasteiger partial charge in [-0.1, -0.05) is 24.3 Å². The molecular weight excluding hydrogens is 266 g/mol. The van der Waals surface area contributed by atoms with Crippen molar-refractivity contribution in [3.63, 3.8) is 0 Å². The highest BCUT2D eigenvalue weighted by atomic mass is 16.4. The lowest BCUT2D eigenvalue weighted by molar-refractivity contribution is -0.141. The minimum Gasteiger partial charge on any atom is -0.481 e.